The highest BCUT2D eigenvalue weighted by atomic mass is 28.4. The summed E-state index contributed by atoms with van der Waals surface area (Å²) in [5, 5.41) is -0.727. The van der Waals surface area contributed by atoms with E-state index in [1.54, 1.807) is 12.4 Å². The SMILES string of the molecule is CCO[Si](OCC)(OCC)C1(C)N=CC=N1. The van der Waals surface area contributed by atoms with Crippen LogP contribution in [0.2, 0.25) is 0 Å². The molecule has 1 heterocycles. The molecule has 0 bridgehead atoms. The van der Waals surface area contributed by atoms with E-state index in [0.717, 1.165) is 0 Å². The maximum atomic E-state index is 5.76. The maximum absolute atomic E-state index is 5.76. The van der Waals surface area contributed by atoms with E-state index in [0.29, 0.717) is 19.8 Å². The third-order valence-electron chi connectivity index (χ3n) is 2.30. The molecule has 16 heavy (non-hydrogen) atoms. The van der Waals surface area contributed by atoms with Gasteiger partial charge in [-0.3, -0.25) is 9.98 Å². The molecule has 1 rings (SSSR count). The van der Waals surface area contributed by atoms with Crippen LogP contribution in [0.4, 0.5) is 0 Å². The van der Waals surface area contributed by atoms with E-state index < -0.39 is 14.1 Å². The third-order valence-corrected chi connectivity index (χ3v) is 5.73. The standard InChI is InChI=1S/C10H20N2O3Si/c1-5-13-16(14-6-2,15-7-3)10(4)11-8-9-12-10/h8-9H,5-7H2,1-4H3. The van der Waals surface area contributed by atoms with Crippen molar-refractivity contribution < 1.29 is 13.3 Å². The zero-order chi connectivity index (χ0) is 12.1. The molecule has 0 N–H and O–H groups in total. The predicted molar refractivity (Wildman–Crippen MR) is 66.0 cm³/mol. The van der Waals surface area contributed by atoms with Crippen LogP contribution in [0.3, 0.4) is 0 Å². The molecule has 5 nitrogen and oxygen atoms in total. The average Bonchev–Trinajstić information content (AvgIpc) is 2.68. The van der Waals surface area contributed by atoms with Crippen molar-refractivity contribution in [3.63, 3.8) is 0 Å². The molecule has 0 aromatic heterocycles. The summed E-state index contributed by atoms with van der Waals surface area (Å²) in [5.41, 5.74) is 0. The Morgan fingerprint density at radius 3 is 1.62 bits per heavy atom. The lowest BCUT2D eigenvalue weighted by Gasteiger charge is -2.36. The molecular formula is C10H20N2O3Si. The van der Waals surface area contributed by atoms with Gasteiger partial charge in [0.05, 0.1) is 0 Å². The van der Waals surface area contributed by atoms with Gasteiger partial charge in [-0.25, -0.2) is 0 Å². The van der Waals surface area contributed by atoms with E-state index in [9.17, 15) is 0 Å². The van der Waals surface area contributed by atoms with Crippen LogP contribution in [0.25, 0.3) is 0 Å². The van der Waals surface area contributed by atoms with E-state index in [2.05, 4.69) is 9.98 Å². The minimum Gasteiger partial charge on any atom is -0.371 e. The highest BCUT2D eigenvalue weighted by Gasteiger charge is 2.59. The van der Waals surface area contributed by atoms with Gasteiger partial charge in [0, 0.05) is 32.2 Å². The Morgan fingerprint density at radius 1 is 0.938 bits per heavy atom. The fraction of sp³-hybridized carbons (Fsp3) is 0.800. The Labute approximate surface area is 97.9 Å². The summed E-state index contributed by atoms with van der Waals surface area (Å²) in [4.78, 5) is 8.67. The van der Waals surface area contributed by atoms with Gasteiger partial charge in [0.15, 0.2) is 0 Å². The first kappa shape index (κ1) is 13.5. The van der Waals surface area contributed by atoms with Crippen molar-refractivity contribution in [1.82, 2.24) is 0 Å². The third kappa shape index (κ3) is 2.40. The monoisotopic (exact) mass is 244 g/mol. The Hall–Kier alpha value is -0.563. The Kier molecular flexibility index (Phi) is 4.79. The van der Waals surface area contributed by atoms with Crippen LogP contribution in [0.1, 0.15) is 27.7 Å². The minimum absolute atomic E-state index is 0.535. The van der Waals surface area contributed by atoms with Crippen LogP contribution >= 0.6 is 0 Å². The fourth-order valence-electron chi connectivity index (χ4n) is 1.65. The van der Waals surface area contributed by atoms with Gasteiger partial charge in [-0.15, -0.1) is 0 Å². The minimum atomic E-state index is -2.88. The Balaban J connectivity index is 2.98. The molecule has 0 amide bonds. The molecule has 0 spiro atoms. The van der Waals surface area contributed by atoms with E-state index in [-0.39, 0.29) is 0 Å². The number of hydrogen-bond donors (Lipinski definition) is 0. The summed E-state index contributed by atoms with van der Waals surface area (Å²) in [6, 6.07) is 0. The number of aliphatic imine (C=N–C) groups is 2. The molecule has 0 aromatic rings. The molecule has 0 aliphatic carbocycles. The lowest BCUT2D eigenvalue weighted by atomic mass is 10.6. The summed E-state index contributed by atoms with van der Waals surface area (Å²) < 4.78 is 17.3. The number of nitrogens with zero attached hydrogens (tertiary/aromatic N) is 2. The molecule has 0 saturated heterocycles. The van der Waals surface area contributed by atoms with Crippen molar-refractivity contribution >= 4 is 21.2 Å². The van der Waals surface area contributed by atoms with Crippen molar-refractivity contribution in [1.29, 1.82) is 0 Å². The van der Waals surface area contributed by atoms with E-state index in [4.69, 9.17) is 13.3 Å². The van der Waals surface area contributed by atoms with Crippen molar-refractivity contribution in [3.05, 3.63) is 0 Å². The highest BCUT2D eigenvalue weighted by molar-refractivity contribution is 6.65. The molecule has 1 aliphatic rings. The van der Waals surface area contributed by atoms with Crippen LogP contribution in [-0.2, 0) is 13.3 Å². The van der Waals surface area contributed by atoms with E-state index in [1.165, 1.54) is 0 Å². The van der Waals surface area contributed by atoms with Gasteiger partial charge >= 0.3 is 8.80 Å². The molecule has 0 atom stereocenters. The second-order valence-corrected chi connectivity index (χ2v) is 6.36. The van der Waals surface area contributed by atoms with Gasteiger partial charge < -0.3 is 13.3 Å². The lowest BCUT2D eigenvalue weighted by Crippen LogP contribution is -2.61. The second kappa shape index (κ2) is 5.67. The van der Waals surface area contributed by atoms with Crippen molar-refractivity contribution in [2.24, 2.45) is 9.98 Å². The molecule has 92 valence electrons. The fourth-order valence-corrected chi connectivity index (χ4v) is 4.33. The molecule has 1 aliphatic heterocycles. The first-order valence-electron chi connectivity index (χ1n) is 5.65. The van der Waals surface area contributed by atoms with Gasteiger partial charge in [0.1, 0.15) is 0 Å². The maximum Gasteiger partial charge on any atom is 0.553 e. The highest BCUT2D eigenvalue weighted by Crippen LogP contribution is 2.31. The molecule has 0 radical (unpaired) electrons. The second-order valence-electron chi connectivity index (χ2n) is 3.43. The Morgan fingerprint density at radius 2 is 1.31 bits per heavy atom. The van der Waals surface area contributed by atoms with E-state index >= 15 is 0 Å². The first-order valence-corrected chi connectivity index (χ1v) is 7.37. The van der Waals surface area contributed by atoms with Crippen LogP contribution in [0.5, 0.6) is 0 Å². The van der Waals surface area contributed by atoms with Crippen LogP contribution in [-0.4, -0.2) is 46.3 Å². The average molecular weight is 244 g/mol. The zero-order valence-corrected chi connectivity index (χ0v) is 11.4. The zero-order valence-electron chi connectivity index (χ0n) is 10.4. The largest absolute Gasteiger partial charge is 0.553 e. The first-order chi connectivity index (χ1) is 7.64. The molecule has 0 aromatic carbocycles. The molecule has 0 saturated carbocycles. The summed E-state index contributed by atoms with van der Waals surface area (Å²) in [6.45, 7) is 9.26. The van der Waals surface area contributed by atoms with Crippen molar-refractivity contribution in [2.45, 2.75) is 33.0 Å². The van der Waals surface area contributed by atoms with Gasteiger partial charge in [0.2, 0.25) is 5.29 Å². The summed E-state index contributed by atoms with van der Waals surface area (Å²) in [6.07, 6.45) is 3.33. The topological polar surface area (TPSA) is 52.4 Å². The smallest absolute Gasteiger partial charge is 0.371 e. The molecular weight excluding hydrogens is 224 g/mol. The van der Waals surface area contributed by atoms with Gasteiger partial charge in [-0.05, 0) is 27.7 Å². The van der Waals surface area contributed by atoms with Crippen molar-refractivity contribution in [2.75, 3.05) is 19.8 Å². The lowest BCUT2D eigenvalue weighted by molar-refractivity contribution is 0.0501. The quantitative estimate of drug-likeness (QED) is 0.637. The summed E-state index contributed by atoms with van der Waals surface area (Å²) >= 11 is 0. The molecule has 0 unspecified atom stereocenters. The van der Waals surface area contributed by atoms with Gasteiger partial charge in [-0.1, -0.05) is 0 Å². The normalized spacial score (nSPS) is 18.2. The summed E-state index contributed by atoms with van der Waals surface area (Å²) in [5.74, 6) is 0. The van der Waals surface area contributed by atoms with Gasteiger partial charge in [0.25, 0.3) is 0 Å². The summed E-state index contributed by atoms with van der Waals surface area (Å²) in [7, 11) is -2.88. The van der Waals surface area contributed by atoms with Crippen LogP contribution in [0.15, 0.2) is 9.98 Å². The van der Waals surface area contributed by atoms with Crippen LogP contribution < -0.4 is 0 Å². The predicted octanol–water partition coefficient (Wildman–Crippen LogP) is 1.45. The number of hydrogen-bond acceptors (Lipinski definition) is 5. The van der Waals surface area contributed by atoms with E-state index in [1.807, 2.05) is 27.7 Å². The van der Waals surface area contributed by atoms with Gasteiger partial charge in [-0.2, -0.15) is 0 Å². The van der Waals surface area contributed by atoms with Crippen LogP contribution in [0, 0.1) is 0 Å². The molecule has 6 heteroatoms. The number of rotatable bonds is 7. The Bertz CT molecular complexity index is 252. The van der Waals surface area contributed by atoms with Crippen molar-refractivity contribution in [3.8, 4) is 0 Å². The molecule has 0 fully saturated rings.